The summed E-state index contributed by atoms with van der Waals surface area (Å²) in [6.45, 7) is 7.57. The Hall–Kier alpha value is -2.37. The molecule has 0 aliphatic carbocycles. The molecule has 3 N–H and O–H groups in total. The monoisotopic (exact) mass is 333 g/mol. The minimum Gasteiger partial charge on any atom is -0.326 e. The first-order chi connectivity index (χ1) is 11.4. The average Bonchev–Trinajstić information content (AvgIpc) is 2.53. The second kappa shape index (κ2) is 9.70. The van der Waals surface area contributed by atoms with E-state index >= 15 is 0 Å². The van der Waals surface area contributed by atoms with Crippen LogP contribution in [0.15, 0.2) is 18.2 Å². The second-order valence-electron chi connectivity index (χ2n) is 5.87. The third-order valence-corrected chi connectivity index (χ3v) is 3.66. The van der Waals surface area contributed by atoms with Crippen molar-refractivity contribution >= 4 is 34.8 Å². The molecule has 0 bridgehead atoms. The molecule has 6 nitrogen and oxygen atoms in total. The average molecular weight is 333 g/mol. The van der Waals surface area contributed by atoms with E-state index in [-0.39, 0.29) is 17.7 Å². The Labute approximate surface area is 143 Å². The Balaban J connectivity index is 2.97. The summed E-state index contributed by atoms with van der Waals surface area (Å²) in [5, 5.41) is 8.32. The van der Waals surface area contributed by atoms with Crippen LogP contribution in [0.4, 0.5) is 17.1 Å². The van der Waals surface area contributed by atoms with E-state index in [0.29, 0.717) is 42.2 Å². The molecular weight excluding hydrogens is 306 g/mol. The van der Waals surface area contributed by atoms with E-state index in [9.17, 15) is 14.4 Å². The minimum atomic E-state index is -0.133. The quantitative estimate of drug-likeness (QED) is 0.677. The lowest BCUT2D eigenvalue weighted by Gasteiger charge is -2.13. The highest BCUT2D eigenvalue weighted by atomic mass is 16.2. The Morgan fingerprint density at radius 3 is 1.50 bits per heavy atom. The molecule has 1 atom stereocenters. The van der Waals surface area contributed by atoms with Crippen LogP contribution in [0.3, 0.4) is 0 Å². The van der Waals surface area contributed by atoms with Gasteiger partial charge in [0.25, 0.3) is 0 Å². The number of hydrogen-bond donors (Lipinski definition) is 3. The van der Waals surface area contributed by atoms with Crippen molar-refractivity contribution in [3.63, 3.8) is 0 Å². The summed E-state index contributed by atoms with van der Waals surface area (Å²) in [4.78, 5) is 35.3. The van der Waals surface area contributed by atoms with Crippen LogP contribution in [0.1, 0.15) is 53.4 Å². The van der Waals surface area contributed by atoms with Gasteiger partial charge in [-0.3, -0.25) is 14.4 Å². The van der Waals surface area contributed by atoms with E-state index in [2.05, 4.69) is 16.0 Å². The molecule has 0 saturated carbocycles. The standard InChI is InChI=1S/C18H27N3O3/c1-5-12(4)8-18(24)21-15-10-13(19-16(22)6-2)9-14(11-15)20-17(23)7-3/h9-12H,5-8H2,1-4H3,(H,19,22)(H,20,23)(H,21,24). The third-order valence-electron chi connectivity index (χ3n) is 3.66. The summed E-state index contributed by atoms with van der Waals surface area (Å²) >= 11 is 0. The van der Waals surface area contributed by atoms with Crippen molar-refractivity contribution < 1.29 is 14.4 Å². The summed E-state index contributed by atoms with van der Waals surface area (Å²) in [6.07, 6.45) is 2.05. The van der Waals surface area contributed by atoms with Crippen LogP contribution >= 0.6 is 0 Å². The lowest BCUT2D eigenvalue weighted by molar-refractivity contribution is -0.117. The van der Waals surface area contributed by atoms with Crippen molar-refractivity contribution in [3.8, 4) is 0 Å². The molecule has 1 aromatic rings. The number of nitrogens with one attached hydrogen (secondary N) is 3. The van der Waals surface area contributed by atoms with Crippen LogP contribution in [0.5, 0.6) is 0 Å². The SMILES string of the molecule is CCC(=O)Nc1cc(NC(=O)CC)cc(NC(=O)CC(C)CC)c1. The first-order valence-electron chi connectivity index (χ1n) is 8.42. The molecule has 0 fully saturated rings. The van der Waals surface area contributed by atoms with E-state index < -0.39 is 0 Å². The normalized spacial score (nSPS) is 11.5. The number of rotatable bonds is 8. The zero-order valence-corrected chi connectivity index (χ0v) is 14.9. The van der Waals surface area contributed by atoms with E-state index in [0.717, 1.165) is 6.42 Å². The number of carbonyl (C=O) groups is 3. The van der Waals surface area contributed by atoms with Gasteiger partial charge in [-0.2, -0.15) is 0 Å². The van der Waals surface area contributed by atoms with Gasteiger partial charge in [0.15, 0.2) is 0 Å². The Kier molecular flexibility index (Phi) is 7.95. The van der Waals surface area contributed by atoms with Crippen LogP contribution < -0.4 is 16.0 Å². The Morgan fingerprint density at radius 1 is 0.792 bits per heavy atom. The first kappa shape index (κ1) is 19.7. The maximum atomic E-state index is 12.1. The van der Waals surface area contributed by atoms with Gasteiger partial charge in [0.2, 0.25) is 17.7 Å². The lowest BCUT2D eigenvalue weighted by atomic mass is 10.0. The van der Waals surface area contributed by atoms with E-state index in [1.165, 1.54) is 0 Å². The highest BCUT2D eigenvalue weighted by Crippen LogP contribution is 2.24. The van der Waals surface area contributed by atoms with E-state index in [1.807, 2.05) is 13.8 Å². The summed E-state index contributed by atoms with van der Waals surface area (Å²) in [6, 6.07) is 5.04. The van der Waals surface area contributed by atoms with Gasteiger partial charge in [0.1, 0.15) is 0 Å². The molecule has 0 aliphatic heterocycles. The summed E-state index contributed by atoms with van der Waals surface area (Å²) in [5.41, 5.74) is 1.62. The number of benzene rings is 1. The Morgan fingerprint density at radius 2 is 1.17 bits per heavy atom. The maximum absolute atomic E-state index is 12.1. The molecule has 0 aliphatic rings. The fraction of sp³-hybridized carbons (Fsp3) is 0.500. The lowest BCUT2D eigenvalue weighted by Crippen LogP contribution is -2.16. The van der Waals surface area contributed by atoms with Crippen molar-refractivity contribution in [1.82, 2.24) is 0 Å². The second-order valence-corrected chi connectivity index (χ2v) is 5.87. The summed E-state index contributed by atoms with van der Waals surface area (Å²) < 4.78 is 0. The molecule has 1 rings (SSSR count). The molecule has 132 valence electrons. The smallest absolute Gasteiger partial charge is 0.224 e. The molecule has 0 radical (unpaired) electrons. The zero-order valence-electron chi connectivity index (χ0n) is 14.9. The minimum absolute atomic E-state index is 0.0870. The molecule has 1 aromatic carbocycles. The van der Waals surface area contributed by atoms with E-state index in [4.69, 9.17) is 0 Å². The predicted molar refractivity (Wildman–Crippen MR) is 97.0 cm³/mol. The molecular formula is C18H27N3O3. The van der Waals surface area contributed by atoms with Crippen molar-refractivity contribution in [1.29, 1.82) is 0 Å². The predicted octanol–water partition coefficient (Wildman–Crippen LogP) is 3.76. The highest BCUT2D eigenvalue weighted by Gasteiger charge is 2.10. The van der Waals surface area contributed by atoms with Crippen molar-refractivity contribution in [2.45, 2.75) is 53.4 Å². The van der Waals surface area contributed by atoms with Crippen molar-refractivity contribution in [2.75, 3.05) is 16.0 Å². The van der Waals surface area contributed by atoms with Crippen molar-refractivity contribution in [3.05, 3.63) is 18.2 Å². The molecule has 0 heterocycles. The van der Waals surface area contributed by atoms with Gasteiger partial charge >= 0.3 is 0 Å². The zero-order chi connectivity index (χ0) is 18.1. The molecule has 24 heavy (non-hydrogen) atoms. The van der Waals surface area contributed by atoms with Crippen molar-refractivity contribution in [2.24, 2.45) is 5.92 Å². The van der Waals surface area contributed by atoms with Gasteiger partial charge in [-0.05, 0) is 24.1 Å². The van der Waals surface area contributed by atoms with Crippen LogP contribution in [0.25, 0.3) is 0 Å². The summed E-state index contributed by atoms with van der Waals surface area (Å²) in [7, 11) is 0. The molecule has 3 amide bonds. The molecule has 6 heteroatoms. The van der Waals surface area contributed by atoms with Crippen LogP contribution in [0, 0.1) is 5.92 Å². The highest BCUT2D eigenvalue weighted by molar-refractivity contribution is 5.97. The van der Waals surface area contributed by atoms with Gasteiger partial charge in [0.05, 0.1) is 0 Å². The van der Waals surface area contributed by atoms with Gasteiger partial charge in [-0.1, -0.05) is 34.1 Å². The molecule has 0 saturated heterocycles. The number of anilines is 3. The van der Waals surface area contributed by atoms with Crippen LogP contribution in [0.2, 0.25) is 0 Å². The number of hydrogen-bond acceptors (Lipinski definition) is 3. The van der Waals surface area contributed by atoms with E-state index in [1.54, 1.807) is 32.0 Å². The van der Waals surface area contributed by atoms with Crippen LogP contribution in [-0.4, -0.2) is 17.7 Å². The molecule has 1 unspecified atom stereocenters. The Bertz CT molecular complexity index is 563. The van der Waals surface area contributed by atoms with Crippen LogP contribution in [-0.2, 0) is 14.4 Å². The fourth-order valence-corrected chi connectivity index (χ4v) is 2.02. The first-order valence-corrected chi connectivity index (χ1v) is 8.42. The largest absolute Gasteiger partial charge is 0.326 e. The van der Waals surface area contributed by atoms with Gasteiger partial charge < -0.3 is 16.0 Å². The molecule has 0 spiro atoms. The number of carbonyl (C=O) groups excluding carboxylic acids is 3. The third kappa shape index (κ3) is 6.81. The molecule has 0 aromatic heterocycles. The van der Waals surface area contributed by atoms with Gasteiger partial charge in [-0.15, -0.1) is 0 Å². The maximum Gasteiger partial charge on any atom is 0.224 e. The van der Waals surface area contributed by atoms with Gasteiger partial charge in [-0.25, -0.2) is 0 Å². The fourth-order valence-electron chi connectivity index (χ4n) is 2.02. The number of amides is 3. The summed E-state index contributed by atoms with van der Waals surface area (Å²) in [5.74, 6) is -0.0555. The van der Waals surface area contributed by atoms with Gasteiger partial charge in [0, 0.05) is 36.3 Å². The topological polar surface area (TPSA) is 87.3 Å².